The molecule has 0 spiro atoms. The first-order valence-corrected chi connectivity index (χ1v) is 14.5. The first-order chi connectivity index (χ1) is 18.9. The molecule has 40 heavy (non-hydrogen) atoms. The highest BCUT2D eigenvalue weighted by atomic mass is 35.5. The summed E-state index contributed by atoms with van der Waals surface area (Å²) in [5, 5.41) is 10.7. The van der Waals surface area contributed by atoms with Crippen LogP contribution in [0.5, 0.6) is 5.75 Å². The molecule has 0 unspecified atom stereocenters. The normalized spacial score (nSPS) is 23.7. The fourth-order valence-electron chi connectivity index (χ4n) is 5.85. The third-order valence-corrected chi connectivity index (χ3v) is 9.08. The van der Waals surface area contributed by atoms with Gasteiger partial charge >= 0.3 is 5.97 Å². The number of hydrogen-bond acceptors (Lipinski definition) is 4. The van der Waals surface area contributed by atoms with Gasteiger partial charge in [0.15, 0.2) is 0 Å². The minimum absolute atomic E-state index is 0.117. The second-order valence-corrected chi connectivity index (χ2v) is 12.7. The molecule has 3 aliphatic rings. The molecule has 1 amide bonds. The molecule has 2 aliphatic heterocycles. The number of ether oxygens (including phenoxy) is 1. The van der Waals surface area contributed by atoms with Crippen molar-refractivity contribution in [1.82, 2.24) is 9.80 Å². The third-order valence-electron chi connectivity index (χ3n) is 8.64. The number of amides is 1. The van der Waals surface area contributed by atoms with Gasteiger partial charge in [-0.1, -0.05) is 30.1 Å². The number of carboxylic acids is 1. The van der Waals surface area contributed by atoms with Gasteiger partial charge in [0.05, 0.1) is 18.7 Å². The standard InChI is InChI=1S/C30H34Cl2F2N2O4/c1-17(19-9-20(31)11-21(32)10-19)35-7-5-30(2,6-8-35)16-40-27-14-25(34)24(13-23(27)18-3-4-18)28(37)36-15-22(33)12-26(36)29(38)39/h9-11,13-14,17-18,22,26H,3-8,12,15-16H2,1-2H3,(H,38,39)/t17-,22-,26+/m1/s1. The summed E-state index contributed by atoms with van der Waals surface area (Å²) >= 11 is 12.4. The Morgan fingerprint density at radius 2 is 1.77 bits per heavy atom. The summed E-state index contributed by atoms with van der Waals surface area (Å²) < 4.78 is 35.5. The summed E-state index contributed by atoms with van der Waals surface area (Å²) in [7, 11) is 0. The van der Waals surface area contributed by atoms with E-state index in [9.17, 15) is 19.1 Å². The van der Waals surface area contributed by atoms with Gasteiger partial charge in [0.2, 0.25) is 0 Å². The van der Waals surface area contributed by atoms with Gasteiger partial charge in [-0.15, -0.1) is 0 Å². The topological polar surface area (TPSA) is 70.1 Å². The summed E-state index contributed by atoms with van der Waals surface area (Å²) in [5.74, 6) is -2.30. The Morgan fingerprint density at radius 3 is 2.38 bits per heavy atom. The van der Waals surface area contributed by atoms with Crippen molar-refractivity contribution >= 4 is 35.1 Å². The zero-order valence-electron chi connectivity index (χ0n) is 22.6. The average Bonchev–Trinajstić information content (AvgIpc) is 3.66. The number of aliphatic carboxylic acids is 1. The monoisotopic (exact) mass is 594 g/mol. The number of piperidine rings is 1. The summed E-state index contributed by atoms with van der Waals surface area (Å²) in [6.45, 7) is 6.08. The predicted octanol–water partition coefficient (Wildman–Crippen LogP) is 6.89. The molecule has 0 aromatic heterocycles. The maximum absolute atomic E-state index is 15.3. The lowest BCUT2D eigenvalue weighted by atomic mass is 9.80. The van der Waals surface area contributed by atoms with Crippen LogP contribution in [0.25, 0.3) is 0 Å². The Labute approximate surface area is 243 Å². The summed E-state index contributed by atoms with van der Waals surface area (Å²) in [5.41, 5.74) is 1.47. The van der Waals surface area contributed by atoms with Crippen LogP contribution in [0.1, 0.15) is 79.4 Å². The fourth-order valence-corrected chi connectivity index (χ4v) is 6.39. The van der Waals surface area contributed by atoms with E-state index < -0.39 is 29.9 Å². The molecule has 0 bridgehead atoms. The minimum atomic E-state index is -1.45. The number of hydrogen-bond donors (Lipinski definition) is 1. The lowest BCUT2D eigenvalue weighted by molar-refractivity contribution is -0.141. The van der Waals surface area contributed by atoms with Gasteiger partial charge in [0.1, 0.15) is 23.8 Å². The van der Waals surface area contributed by atoms with E-state index in [0.29, 0.717) is 22.4 Å². The summed E-state index contributed by atoms with van der Waals surface area (Å²) in [4.78, 5) is 28.0. The van der Waals surface area contributed by atoms with Gasteiger partial charge in [-0.3, -0.25) is 9.69 Å². The molecule has 2 saturated heterocycles. The molecule has 216 valence electrons. The summed E-state index contributed by atoms with van der Waals surface area (Å²) in [6, 6.07) is 7.19. The number of likely N-dealkylation sites (tertiary alicyclic amines) is 2. The Balaban J connectivity index is 1.26. The fraction of sp³-hybridized carbons (Fsp3) is 0.533. The van der Waals surface area contributed by atoms with Crippen molar-refractivity contribution in [2.45, 2.75) is 70.1 Å². The number of benzene rings is 2. The van der Waals surface area contributed by atoms with Crippen molar-refractivity contribution in [2.75, 3.05) is 26.2 Å². The van der Waals surface area contributed by atoms with Crippen molar-refractivity contribution < 1.29 is 28.2 Å². The molecule has 2 heterocycles. The van der Waals surface area contributed by atoms with Crippen LogP contribution in [0.2, 0.25) is 10.0 Å². The van der Waals surface area contributed by atoms with E-state index >= 15 is 4.39 Å². The Kier molecular flexibility index (Phi) is 8.33. The van der Waals surface area contributed by atoms with Crippen LogP contribution in [0.15, 0.2) is 30.3 Å². The van der Waals surface area contributed by atoms with Gasteiger partial charge in [0.25, 0.3) is 5.91 Å². The third kappa shape index (κ3) is 6.24. The highest BCUT2D eigenvalue weighted by Gasteiger charge is 2.42. The largest absolute Gasteiger partial charge is 0.493 e. The number of carbonyl (C=O) groups is 2. The Bertz CT molecular complexity index is 1280. The molecule has 1 N–H and O–H groups in total. The van der Waals surface area contributed by atoms with E-state index in [1.54, 1.807) is 6.07 Å². The van der Waals surface area contributed by atoms with Crippen LogP contribution in [0.4, 0.5) is 8.78 Å². The molecule has 2 aromatic rings. The minimum Gasteiger partial charge on any atom is -0.493 e. The van der Waals surface area contributed by atoms with E-state index in [1.807, 2.05) is 12.1 Å². The number of alkyl halides is 1. The van der Waals surface area contributed by atoms with Crippen LogP contribution >= 0.6 is 23.2 Å². The lowest BCUT2D eigenvalue weighted by Gasteiger charge is -2.42. The highest BCUT2D eigenvalue weighted by molar-refractivity contribution is 6.34. The van der Waals surface area contributed by atoms with Gasteiger partial charge in [-0.2, -0.15) is 0 Å². The number of nitrogens with zero attached hydrogens (tertiary/aromatic N) is 2. The van der Waals surface area contributed by atoms with Crippen LogP contribution in [0, 0.1) is 11.2 Å². The summed E-state index contributed by atoms with van der Waals surface area (Å²) in [6.07, 6.45) is 1.85. The molecule has 6 nitrogen and oxygen atoms in total. The van der Waals surface area contributed by atoms with Crippen molar-refractivity contribution in [3.63, 3.8) is 0 Å². The van der Waals surface area contributed by atoms with E-state index in [2.05, 4.69) is 18.7 Å². The maximum atomic E-state index is 15.3. The van der Waals surface area contributed by atoms with Crippen molar-refractivity contribution in [2.24, 2.45) is 5.41 Å². The SMILES string of the molecule is C[C@H](c1cc(Cl)cc(Cl)c1)N1CCC(C)(COc2cc(F)c(C(=O)N3C[C@H](F)C[C@H]3C(=O)O)cc2C2CC2)CC1. The van der Waals surface area contributed by atoms with Crippen molar-refractivity contribution in [3.05, 3.63) is 62.9 Å². The van der Waals surface area contributed by atoms with Crippen LogP contribution in [-0.2, 0) is 4.79 Å². The first kappa shape index (κ1) is 29.1. The molecule has 10 heteroatoms. The van der Waals surface area contributed by atoms with Gasteiger partial charge in [-0.05, 0) is 87.0 Å². The Morgan fingerprint density at radius 1 is 1.12 bits per heavy atom. The molecule has 3 fully saturated rings. The molecular weight excluding hydrogens is 561 g/mol. The second-order valence-electron chi connectivity index (χ2n) is 11.8. The average molecular weight is 596 g/mol. The van der Waals surface area contributed by atoms with Crippen molar-refractivity contribution in [1.29, 1.82) is 0 Å². The van der Waals surface area contributed by atoms with E-state index in [0.717, 1.165) is 54.8 Å². The number of carboxylic acid groups (broad SMARTS) is 1. The molecule has 1 aliphatic carbocycles. The molecule has 5 rings (SSSR count). The second kappa shape index (κ2) is 11.5. The number of carbonyl (C=O) groups excluding carboxylic acids is 1. The van der Waals surface area contributed by atoms with Gasteiger partial charge in [-0.25, -0.2) is 13.6 Å². The van der Waals surface area contributed by atoms with Gasteiger partial charge < -0.3 is 14.7 Å². The van der Waals surface area contributed by atoms with E-state index in [1.165, 1.54) is 12.1 Å². The first-order valence-electron chi connectivity index (χ1n) is 13.8. The van der Waals surface area contributed by atoms with E-state index in [-0.39, 0.29) is 35.9 Å². The molecule has 2 aromatic carbocycles. The quantitative estimate of drug-likeness (QED) is 0.360. The predicted molar refractivity (Wildman–Crippen MR) is 150 cm³/mol. The lowest BCUT2D eigenvalue weighted by Crippen LogP contribution is -2.42. The zero-order chi connectivity index (χ0) is 28.8. The van der Waals surface area contributed by atoms with Crippen LogP contribution in [-0.4, -0.2) is 65.2 Å². The maximum Gasteiger partial charge on any atom is 0.326 e. The molecule has 1 saturated carbocycles. The van der Waals surface area contributed by atoms with E-state index in [4.69, 9.17) is 27.9 Å². The van der Waals surface area contributed by atoms with Gasteiger partial charge in [0, 0.05) is 34.0 Å². The number of halogens is 4. The van der Waals surface area contributed by atoms with Crippen LogP contribution < -0.4 is 4.74 Å². The van der Waals surface area contributed by atoms with Crippen molar-refractivity contribution in [3.8, 4) is 5.75 Å². The van der Waals surface area contributed by atoms with Crippen LogP contribution in [0.3, 0.4) is 0 Å². The molecule has 0 radical (unpaired) electrons. The zero-order valence-corrected chi connectivity index (χ0v) is 24.2. The highest BCUT2D eigenvalue weighted by Crippen LogP contribution is 2.46. The number of rotatable bonds is 8. The smallest absolute Gasteiger partial charge is 0.326 e. The Hall–Kier alpha value is -2.42. The molecular formula is C30H34Cl2F2N2O4. The molecule has 3 atom stereocenters.